The van der Waals surface area contributed by atoms with Crippen molar-refractivity contribution in [1.82, 2.24) is 0 Å². The van der Waals surface area contributed by atoms with Crippen molar-refractivity contribution >= 4 is 58.3 Å². The average molecular weight is 340 g/mol. The van der Waals surface area contributed by atoms with Gasteiger partial charge in [-0.15, -0.1) is 46.4 Å². The van der Waals surface area contributed by atoms with Crippen molar-refractivity contribution in [2.24, 2.45) is 0 Å². The lowest BCUT2D eigenvalue weighted by Gasteiger charge is -2.06. The van der Waals surface area contributed by atoms with Crippen LogP contribution >= 0.6 is 46.4 Å². The Hall–Kier alpha value is 0.1000. The van der Waals surface area contributed by atoms with Crippen LogP contribution in [0, 0.1) is 0 Å². The van der Waals surface area contributed by atoms with E-state index in [1.165, 1.54) is 0 Å². The van der Waals surface area contributed by atoms with E-state index < -0.39 is 21.6 Å². The molecule has 8 heteroatoms. The number of esters is 2. The first-order valence-electron chi connectivity index (χ1n) is 5.29. The molecule has 0 saturated carbocycles. The quantitative estimate of drug-likeness (QED) is 0.367. The molecule has 0 aromatic carbocycles. The van der Waals surface area contributed by atoms with Gasteiger partial charge in [0.05, 0.1) is 0 Å². The molecule has 0 saturated heterocycles. The van der Waals surface area contributed by atoms with Gasteiger partial charge in [-0.1, -0.05) is 0 Å². The topological polar surface area (TPSA) is 52.6 Å². The van der Waals surface area contributed by atoms with Crippen molar-refractivity contribution in [3.8, 4) is 0 Å². The summed E-state index contributed by atoms with van der Waals surface area (Å²) in [4.78, 5) is 20.8. The van der Waals surface area contributed by atoms with Crippen molar-refractivity contribution in [2.45, 2.75) is 35.4 Å². The molecule has 0 N–H and O–H groups in total. The molecule has 0 amide bonds. The van der Waals surface area contributed by atoms with E-state index in [2.05, 4.69) is 0 Å². The van der Waals surface area contributed by atoms with Crippen molar-refractivity contribution in [3.63, 3.8) is 0 Å². The van der Waals surface area contributed by atoms with Crippen molar-refractivity contribution in [3.05, 3.63) is 0 Å². The molecule has 0 aliphatic carbocycles. The maximum atomic E-state index is 11.1. The molecule has 106 valence electrons. The first-order valence-corrected chi connectivity index (χ1v) is 7.04. The van der Waals surface area contributed by atoms with Gasteiger partial charge in [-0.25, -0.2) is 0 Å². The van der Waals surface area contributed by atoms with E-state index in [4.69, 9.17) is 55.9 Å². The molecule has 4 nitrogen and oxygen atoms in total. The third-order valence-electron chi connectivity index (χ3n) is 1.75. The van der Waals surface area contributed by atoms with Gasteiger partial charge in [0, 0.05) is 12.8 Å². The van der Waals surface area contributed by atoms with Gasteiger partial charge in [0.2, 0.25) is 0 Å². The third kappa shape index (κ3) is 12.6. The minimum Gasteiger partial charge on any atom is -0.463 e. The maximum Gasteiger partial charge on any atom is 0.305 e. The fraction of sp³-hybridized carbons (Fsp3) is 0.800. The Balaban J connectivity index is 3.44. The summed E-state index contributed by atoms with van der Waals surface area (Å²) in [5.41, 5.74) is 0. The highest BCUT2D eigenvalue weighted by Crippen LogP contribution is 2.07. The van der Waals surface area contributed by atoms with E-state index >= 15 is 0 Å². The Morgan fingerprint density at radius 1 is 0.778 bits per heavy atom. The molecule has 0 aliphatic heterocycles. The summed E-state index contributed by atoms with van der Waals surface area (Å²) in [6.07, 6.45) is 1.46. The lowest BCUT2D eigenvalue weighted by Crippen LogP contribution is -2.11. The second kappa shape index (κ2) is 11.0. The van der Waals surface area contributed by atoms with Crippen LogP contribution in [0.15, 0.2) is 0 Å². The monoisotopic (exact) mass is 338 g/mol. The van der Waals surface area contributed by atoms with Crippen LogP contribution in [0.2, 0.25) is 0 Å². The fourth-order valence-corrected chi connectivity index (χ4v) is 1.25. The van der Waals surface area contributed by atoms with Gasteiger partial charge in [-0.05, 0) is 12.8 Å². The fourth-order valence-electron chi connectivity index (χ4n) is 0.995. The molecule has 0 heterocycles. The molecule has 0 radical (unpaired) electrons. The number of rotatable bonds is 9. The first-order chi connectivity index (χ1) is 8.41. The highest BCUT2D eigenvalue weighted by atomic mass is 35.5. The number of alkyl halides is 4. The SMILES string of the molecule is O=C(CCCCC(=O)OCC(Cl)Cl)OCC(Cl)Cl. The standard InChI is InChI=1S/C10H14Cl4O4/c11-7(12)5-17-9(15)3-1-2-4-10(16)18-6-8(13)14/h7-8H,1-6H2. The average Bonchev–Trinajstić information content (AvgIpc) is 2.29. The molecular formula is C10H14Cl4O4. The summed E-state index contributed by atoms with van der Waals surface area (Å²) in [5.74, 6) is -0.785. The van der Waals surface area contributed by atoms with E-state index in [9.17, 15) is 9.59 Å². The molecule has 0 aromatic rings. The number of hydrogen-bond acceptors (Lipinski definition) is 4. The lowest BCUT2D eigenvalue weighted by molar-refractivity contribution is -0.145. The number of halogens is 4. The van der Waals surface area contributed by atoms with E-state index in [1.54, 1.807) is 0 Å². The predicted octanol–water partition coefficient (Wildman–Crippen LogP) is 3.24. The van der Waals surface area contributed by atoms with Crippen LogP contribution in [0.5, 0.6) is 0 Å². The highest BCUT2D eigenvalue weighted by Gasteiger charge is 2.09. The second-order valence-corrected chi connectivity index (χ2v) is 5.91. The van der Waals surface area contributed by atoms with Gasteiger partial charge < -0.3 is 9.47 Å². The molecule has 0 aromatic heterocycles. The van der Waals surface area contributed by atoms with Gasteiger partial charge in [-0.3, -0.25) is 9.59 Å². The number of hydrogen-bond donors (Lipinski definition) is 0. The number of carbonyl (C=O) groups excluding carboxylic acids is 2. The van der Waals surface area contributed by atoms with E-state index in [0.29, 0.717) is 12.8 Å². The van der Waals surface area contributed by atoms with Crippen LogP contribution in [0.25, 0.3) is 0 Å². The molecule has 18 heavy (non-hydrogen) atoms. The summed E-state index contributed by atoms with van der Waals surface area (Å²) in [6, 6.07) is 0. The van der Waals surface area contributed by atoms with Gasteiger partial charge in [0.1, 0.15) is 22.9 Å². The van der Waals surface area contributed by atoms with Crippen LogP contribution in [0.4, 0.5) is 0 Å². The zero-order valence-electron chi connectivity index (χ0n) is 9.54. The van der Waals surface area contributed by atoms with E-state index in [-0.39, 0.29) is 26.1 Å². The molecule has 0 unspecified atom stereocenters. The molecular weight excluding hydrogens is 326 g/mol. The van der Waals surface area contributed by atoms with Crippen LogP contribution < -0.4 is 0 Å². The maximum absolute atomic E-state index is 11.1. The molecule has 0 fully saturated rings. The Morgan fingerprint density at radius 3 is 1.39 bits per heavy atom. The normalized spacial score (nSPS) is 10.8. The Bertz CT molecular complexity index is 232. The van der Waals surface area contributed by atoms with Crippen LogP contribution in [-0.2, 0) is 19.1 Å². The van der Waals surface area contributed by atoms with Crippen LogP contribution in [0.3, 0.4) is 0 Å². The van der Waals surface area contributed by atoms with Crippen LogP contribution in [0.1, 0.15) is 25.7 Å². The molecule has 0 aliphatic rings. The minimum absolute atomic E-state index is 0.0309. The zero-order valence-corrected chi connectivity index (χ0v) is 12.6. The summed E-state index contributed by atoms with van der Waals surface area (Å²) < 4.78 is 9.47. The van der Waals surface area contributed by atoms with Crippen molar-refractivity contribution in [1.29, 1.82) is 0 Å². The second-order valence-electron chi connectivity index (χ2n) is 3.36. The van der Waals surface area contributed by atoms with Crippen molar-refractivity contribution in [2.75, 3.05) is 13.2 Å². The summed E-state index contributed by atoms with van der Waals surface area (Å²) >= 11 is 21.6. The van der Waals surface area contributed by atoms with Gasteiger partial charge in [0.15, 0.2) is 0 Å². The Labute approximate surface area is 126 Å². The number of carbonyl (C=O) groups is 2. The molecule has 0 bridgehead atoms. The molecule has 0 rings (SSSR count). The Morgan fingerprint density at radius 2 is 1.11 bits per heavy atom. The molecule has 0 atom stereocenters. The zero-order chi connectivity index (χ0) is 14.0. The summed E-state index contributed by atoms with van der Waals surface area (Å²) in [6.45, 7) is -0.0619. The highest BCUT2D eigenvalue weighted by molar-refractivity contribution is 6.44. The predicted molar refractivity (Wildman–Crippen MR) is 71.4 cm³/mol. The van der Waals surface area contributed by atoms with E-state index in [1.807, 2.05) is 0 Å². The number of unbranched alkanes of at least 4 members (excludes halogenated alkanes) is 1. The smallest absolute Gasteiger partial charge is 0.305 e. The Kier molecular flexibility index (Phi) is 11.0. The van der Waals surface area contributed by atoms with Gasteiger partial charge in [-0.2, -0.15) is 0 Å². The van der Waals surface area contributed by atoms with Crippen LogP contribution in [-0.4, -0.2) is 34.8 Å². The van der Waals surface area contributed by atoms with E-state index in [0.717, 1.165) is 0 Å². The largest absolute Gasteiger partial charge is 0.463 e. The van der Waals surface area contributed by atoms with Crippen molar-refractivity contribution < 1.29 is 19.1 Å². The van der Waals surface area contributed by atoms with Gasteiger partial charge >= 0.3 is 11.9 Å². The summed E-state index contributed by atoms with van der Waals surface area (Å²) in [7, 11) is 0. The first kappa shape index (κ1) is 18.1. The lowest BCUT2D eigenvalue weighted by atomic mass is 10.2. The minimum atomic E-state index is -0.719. The van der Waals surface area contributed by atoms with Gasteiger partial charge in [0.25, 0.3) is 0 Å². The third-order valence-corrected chi connectivity index (χ3v) is 2.26. The summed E-state index contributed by atoms with van der Waals surface area (Å²) in [5, 5.41) is 0. The number of ether oxygens (including phenoxy) is 2. The molecule has 0 spiro atoms.